The number of benzene rings is 2. The van der Waals surface area contributed by atoms with Crippen LogP contribution in [0.15, 0.2) is 42.5 Å². The minimum absolute atomic E-state index is 0.0406. The van der Waals surface area contributed by atoms with Crippen molar-refractivity contribution in [3.8, 4) is 11.5 Å². The van der Waals surface area contributed by atoms with Gasteiger partial charge in [0.25, 0.3) is 5.91 Å². The van der Waals surface area contributed by atoms with Crippen LogP contribution in [0, 0.1) is 5.92 Å². The van der Waals surface area contributed by atoms with Crippen LogP contribution < -0.4 is 20.1 Å². The van der Waals surface area contributed by atoms with Gasteiger partial charge in [-0.3, -0.25) is 9.59 Å². The Labute approximate surface area is 178 Å². The van der Waals surface area contributed by atoms with E-state index in [0.29, 0.717) is 35.4 Å². The number of hydrogen-bond acceptors (Lipinski definition) is 6. The van der Waals surface area contributed by atoms with Gasteiger partial charge >= 0.3 is 0 Å². The maximum absolute atomic E-state index is 13.0. The summed E-state index contributed by atoms with van der Waals surface area (Å²) in [4.78, 5) is 30.1. The summed E-state index contributed by atoms with van der Waals surface area (Å²) in [5.41, 5.74) is 1.25. The first kappa shape index (κ1) is 20.2. The Hall–Kier alpha value is -3.13. The molecule has 1 aliphatic rings. The van der Waals surface area contributed by atoms with Gasteiger partial charge in [0, 0.05) is 17.7 Å². The number of ether oxygens (including phenoxy) is 2. The molecule has 4 rings (SSSR count). The topological polar surface area (TPSA) is 89.6 Å². The molecule has 0 unspecified atom stereocenters. The third kappa shape index (κ3) is 4.23. The van der Waals surface area contributed by atoms with Crippen LogP contribution in [0.25, 0.3) is 10.2 Å². The van der Waals surface area contributed by atoms with Crippen LogP contribution in [0.3, 0.4) is 0 Å². The van der Waals surface area contributed by atoms with Crippen molar-refractivity contribution in [3.05, 3.63) is 48.0 Å². The monoisotopic (exact) mass is 425 g/mol. The van der Waals surface area contributed by atoms with E-state index in [1.54, 1.807) is 24.3 Å². The Morgan fingerprint density at radius 3 is 2.53 bits per heavy atom. The van der Waals surface area contributed by atoms with Gasteiger partial charge < -0.3 is 20.1 Å². The second-order valence-corrected chi connectivity index (χ2v) is 8.21. The molecule has 1 aliphatic heterocycles. The summed E-state index contributed by atoms with van der Waals surface area (Å²) in [7, 11) is 0. The van der Waals surface area contributed by atoms with E-state index in [0.717, 1.165) is 16.6 Å². The molecular formula is C22H23N3O4S. The van der Waals surface area contributed by atoms with Crippen LogP contribution in [0.2, 0.25) is 0 Å². The average Bonchev–Trinajstić information content (AvgIpc) is 3.16. The molecule has 0 fully saturated rings. The number of aromatic nitrogens is 1. The van der Waals surface area contributed by atoms with Crippen LogP contribution in [0.1, 0.15) is 30.6 Å². The largest absolute Gasteiger partial charge is 0.486 e. The number of hydrogen-bond donors (Lipinski definition) is 2. The molecular weight excluding hydrogens is 402 g/mol. The Morgan fingerprint density at radius 1 is 1.13 bits per heavy atom. The smallest absolute Gasteiger partial charge is 0.251 e. The van der Waals surface area contributed by atoms with Gasteiger partial charge in [-0.15, -0.1) is 0 Å². The van der Waals surface area contributed by atoms with Crippen molar-refractivity contribution in [2.24, 2.45) is 5.92 Å². The first-order chi connectivity index (χ1) is 14.5. The molecule has 7 nitrogen and oxygen atoms in total. The zero-order chi connectivity index (χ0) is 21.1. The third-order valence-corrected chi connectivity index (χ3v) is 6.03. The number of thiazole rings is 1. The normalized spacial score (nSPS) is 14.7. The standard InChI is InChI=1S/C22H23N3O4S/c1-3-13(2)19(24-20(26)14-7-5-4-6-8-14)21(27)25-22-23-15-11-16-17(12-18(15)30-22)29-10-9-28-16/h4-8,11-13,19H,3,9-10H2,1-2H3,(H,24,26)(H,23,25,27)/t13-,19-/m1/s1. The predicted octanol–water partition coefficient (Wildman–Crippen LogP) is 3.85. The zero-order valence-electron chi connectivity index (χ0n) is 16.8. The molecule has 2 N–H and O–H groups in total. The Balaban J connectivity index is 1.52. The molecule has 0 saturated carbocycles. The lowest BCUT2D eigenvalue weighted by Gasteiger charge is -2.23. The first-order valence-electron chi connectivity index (χ1n) is 9.92. The Morgan fingerprint density at radius 2 is 1.83 bits per heavy atom. The number of fused-ring (bicyclic) bond motifs is 2. The molecule has 30 heavy (non-hydrogen) atoms. The fraction of sp³-hybridized carbons (Fsp3) is 0.318. The molecule has 3 aromatic rings. The van der Waals surface area contributed by atoms with Crippen molar-refractivity contribution in [1.29, 1.82) is 0 Å². The lowest BCUT2D eigenvalue weighted by atomic mass is 9.98. The maximum atomic E-state index is 13.0. The van der Waals surface area contributed by atoms with Crippen LogP contribution in [-0.2, 0) is 4.79 Å². The van der Waals surface area contributed by atoms with E-state index in [1.165, 1.54) is 11.3 Å². The van der Waals surface area contributed by atoms with Crippen molar-refractivity contribution in [2.45, 2.75) is 26.3 Å². The molecule has 0 spiro atoms. The van der Waals surface area contributed by atoms with Gasteiger partial charge in [-0.25, -0.2) is 4.98 Å². The zero-order valence-corrected chi connectivity index (χ0v) is 17.6. The van der Waals surface area contributed by atoms with E-state index in [1.807, 2.05) is 32.0 Å². The minimum Gasteiger partial charge on any atom is -0.486 e. The van der Waals surface area contributed by atoms with Crippen LogP contribution in [0.4, 0.5) is 5.13 Å². The number of nitrogens with one attached hydrogen (secondary N) is 2. The Kier molecular flexibility index (Phi) is 5.85. The number of anilines is 1. The molecule has 2 atom stereocenters. The van der Waals surface area contributed by atoms with E-state index in [-0.39, 0.29) is 17.7 Å². The number of rotatable bonds is 6. The third-order valence-electron chi connectivity index (χ3n) is 5.10. The molecule has 156 valence electrons. The molecule has 2 amide bonds. The minimum atomic E-state index is -0.672. The van der Waals surface area contributed by atoms with Crippen molar-refractivity contribution in [1.82, 2.24) is 10.3 Å². The summed E-state index contributed by atoms with van der Waals surface area (Å²) >= 11 is 1.36. The van der Waals surface area contributed by atoms with Gasteiger partial charge in [-0.1, -0.05) is 49.8 Å². The highest BCUT2D eigenvalue weighted by atomic mass is 32.1. The van der Waals surface area contributed by atoms with Crippen molar-refractivity contribution < 1.29 is 19.1 Å². The van der Waals surface area contributed by atoms with Gasteiger partial charge in [0.2, 0.25) is 5.91 Å². The van der Waals surface area contributed by atoms with E-state index >= 15 is 0 Å². The van der Waals surface area contributed by atoms with Gasteiger partial charge in [0.15, 0.2) is 16.6 Å². The second kappa shape index (κ2) is 8.71. The highest BCUT2D eigenvalue weighted by Crippen LogP contribution is 2.37. The first-order valence-corrected chi connectivity index (χ1v) is 10.7. The summed E-state index contributed by atoms with van der Waals surface area (Å²) < 4.78 is 12.1. The summed E-state index contributed by atoms with van der Waals surface area (Å²) in [6, 6.07) is 11.9. The highest BCUT2D eigenvalue weighted by Gasteiger charge is 2.27. The fourth-order valence-corrected chi connectivity index (χ4v) is 4.10. The van der Waals surface area contributed by atoms with Crippen LogP contribution >= 0.6 is 11.3 Å². The van der Waals surface area contributed by atoms with Crippen molar-refractivity contribution in [2.75, 3.05) is 18.5 Å². The SMILES string of the molecule is CC[C@@H](C)[C@@H](NC(=O)c1ccccc1)C(=O)Nc1nc2cc3c(cc2s1)OCCO3. The van der Waals surface area contributed by atoms with Gasteiger partial charge in [0.05, 0.1) is 10.2 Å². The van der Waals surface area contributed by atoms with Crippen LogP contribution in [0.5, 0.6) is 11.5 Å². The lowest BCUT2D eigenvalue weighted by molar-refractivity contribution is -0.119. The van der Waals surface area contributed by atoms with E-state index in [4.69, 9.17) is 9.47 Å². The second-order valence-electron chi connectivity index (χ2n) is 7.17. The molecule has 2 heterocycles. The van der Waals surface area contributed by atoms with Gasteiger partial charge in [0.1, 0.15) is 19.3 Å². The number of carbonyl (C=O) groups is 2. The maximum Gasteiger partial charge on any atom is 0.251 e. The molecule has 0 aliphatic carbocycles. The van der Waals surface area contributed by atoms with E-state index in [2.05, 4.69) is 15.6 Å². The predicted molar refractivity (Wildman–Crippen MR) is 116 cm³/mol. The molecule has 1 aromatic heterocycles. The molecule has 0 bridgehead atoms. The molecule has 0 saturated heterocycles. The fourth-order valence-electron chi connectivity index (χ4n) is 3.22. The van der Waals surface area contributed by atoms with Crippen molar-refractivity contribution in [3.63, 3.8) is 0 Å². The van der Waals surface area contributed by atoms with Crippen LogP contribution in [-0.4, -0.2) is 36.1 Å². The van der Waals surface area contributed by atoms with Gasteiger partial charge in [-0.05, 0) is 18.1 Å². The number of carbonyl (C=O) groups excluding carboxylic acids is 2. The molecule has 8 heteroatoms. The summed E-state index contributed by atoms with van der Waals surface area (Å²) in [6.45, 7) is 4.95. The summed E-state index contributed by atoms with van der Waals surface area (Å²) in [6.07, 6.45) is 0.744. The average molecular weight is 426 g/mol. The van der Waals surface area contributed by atoms with Gasteiger partial charge in [-0.2, -0.15) is 0 Å². The summed E-state index contributed by atoms with van der Waals surface area (Å²) in [5.74, 6) is 0.737. The quantitative estimate of drug-likeness (QED) is 0.626. The van der Waals surface area contributed by atoms with E-state index in [9.17, 15) is 9.59 Å². The lowest BCUT2D eigenvalue weighted by Crippen LogP contribution is -2.47. The molecule has 0 radical (unpaired) electrons. The highest BCUT2D eigenvalue weighted by molar-refractivity contribution is 7.22. The molecule has 2 aromatic carbocycles. The number of nitrogens with zero attached hydrogens (tertiary/aromatic N) is 1. The number of amides is 2. The van der Waals surface area contributed by atoms with E-state index < -0.39 is 6.04 Å². The summed E-state index contributed by atoms with van der Waals surface area (Å²) in [5, 5.41) is 6.21. The Bertz CT molecular complexity index is 1020. The van der Waals surface area contributed by atoms with Crippen molar-refractivity contribution >= 4 is 38.5 Å².